The first-order chi connectivity index (χ1) is 7.94. The predicted molar refractivity (Wildman–Crippen MR) is 65.0 cm³/mol. The Kier molecular flexibility index (Phi) is 3.07. The molecule has 1 atom stereocenters. The van der Waals surface area contributed by atoms with Gasteiger partial charge in [-0.05, 0) is 38.5 Å². The molecule has 0 radical (unpaired) electrons. The Hall–Kier alpha value is -1.55. The largest absolute Gasteiger partial charge is 0.444 e. The summed E-state index contributed by atoms with van der Waals surface area (Å²) < 4.78 is 10.3. The van der Waals surface area contributed by atoms with Crippen LogP contribution in [-0.2, 0) is 9.47 Å². The lowest BCUT2D eigenvalue weighted by Gasteiger charge is -2.19. The van der Waals surface area contributed by atoms with Crippen LogP contribution in [0.3, 0.4) is 0 Å². The molecule has 1 N–H and O–H groups in total. The van der Waals surface area contributed by atoms with E-state index in [0.29, 0.717) is 0 Å². The summed E-state index contributed by atoms with van der Waals surface area (Å²) in [5, 5.41) is 2.68. The van der Waals surface area contributed by atoms with Crippen LogP contribution < -0.4 is 5.32 Å². The van der Waals surface area contributed by atoms with Crippen molar-refractivity contribution in [3.63, 3.8) is 0 Å². The summed E-state index contributed by atoms with van der Waals surface area (Å²) in [6, 6.07) is 7.59. The minimum Gasteiger partial charge on any atom is -0.444 e. The Morgan fingerprint density at radius 2 is 1.94 bits per heavy atom. The van der Waals surface area contributed by atoms with Crippen LogP contribution in [0.4, 0.5) is 10.5 Å². The van der Waals surface area contributed by atoms with Crippen LogP contribution in [0.5, 0.6) is 0 Å². The van der Waals surface area contributed by atoms with Gasteiger partial charge >= 0.3 is 6.09 Å². The topological polar surface area (TPSA) is 50.9 Å². The highest BCUT2D eigenvalue weighted by Gasteiger charge is 2.24. The molecule has 1 aromatic rings. The highest BCUT2D eigenvalue weighted by Crippen LogP contribution is 2.30. The van der Waals surface area contributed by atoms with E-state index < -0.39 is 11.7 Å². The van der Waals surface area contributed by atoms with E-state index in [1.165, 1.54) is 0 Å². The van der Waals surface area contributed by atoms with Crippen molar-refractivity contribution in [2.24, 2.45) is 0 Å². The van der Waals surface area contributed by atoms with Crippen LogP contribution >= 0.6 is 0 Å². The molecule has 0 spiro atoms. The van der Waals surface area contributed by atoms with Gasteiger partial charge in [-0.2, -0.15) is 0 Å². The summed E-state index contributed by atoms with van der Waals surface area (Å²) in [6.45, 7) is 6.29. The van der Waals surface area contributed by atoms with Crippen molar-refractivity contribution in [1.29, 1.82) is 0 Å². The average molecular weight is 235 g/mol. The van der Waals surface area contributed by atoms with Gasteiger partial charge in [-0.1, -0.05) is 12.1 Å². The summed E-state index contributed by atoms with van der Waals surface area (Å²) in [5.74, 6) is 0. The molecule has 0 bridgehead atoms. The molecule has 1 aromatic carbocycles. The Balaban J connectivity index is 1.92. The third-order valence-electron chi connectivity index (χ3n) is 2.26. The number of hydrogen-bond acceptors (Lipinski definition) is 3. The average Bonchev–Trinajstić information content (AvgIpc) is 2.99. The number of amides is 1. The SMILES string of the molecule is CC(C)(C)OC(=O)Nc1ccc(C2CO2)cc1. The van der Waals surface area contributed by atoms with Gasteiger partial charge in [0, 0.05) is 5.69 Å². The van der Waals surface area contributed by atoms with E-state index in [2.05, 4.69) is 5.32 Å². The van der Waals surface area contributed by atoms with Crippen molar-refractivity contribution in [3.8, 4) is 0 Å². The maximum Gasteiger partial charge on any atom is 0.412 e. The van der Waals surface area contributed by atoms with E-state index in [0.717, 1.165) is 17.9 Å². The molecule has 4 heteroatoms. The summed E-state index contributed by atoms with van der Waals surface area (Å²) in [5.41, 5.74) is 1.38. The molecule has 4 nitrogen and oxygen atoms in total. The summed E-state index contributed by atoms with van der Waals surface area (Å²) in [7, 11) is 0. The van der Waals surface area contributed by atoms with Gasteiger partial charge in [0.1, 0.15) is 11.7 Å². The number of rotatable bonds is 2. The van der Waals surface area contributed by atoms with E-state index in [-0.39, 0.29) is 6.10 Å². The number of hydrogen-bond donors (Lipinski definition) is 1. The van der Waals surface area contributed by atoms with Crippen LogP contribution in [0.15, 0.2) is 24.3 Å². The zero-order valence-corrected chi connectivity index (χ0v) is 10.3. The number of benzene rings is 1. The molecule has 1 heterocycles. The molecule has 1 aliphatic heterocycles. The van der Waals surface area contributed by atoms with Gasteiger partial charge in [-0.25, -0.2) is 4.79 Å². The fraction of sp³-hybridized carbons (Fsp3) is 0.462. The van der Waals surface area contributed by atoms with E-state index in [4.69, 9.17) is 9.47 Å². The Bertz CT molecular complexity index is 402. The van der Waals surface area contributed by atoms with Crippen LogP contribution in [0.2, 0.25) is 0 Å². The van der Waals surface area contributed by atoms with Gasteiger partial charge in [-0.15, -0.1) is 0 Å². The second kappa shape index (κ2) is 4.37. The molecule has 2 rings (SSSR count). The maximum atomic E-state index is 11.5. The van der Waals surface area contributed by atoms with E-state index >= 15 is 0 Å². The third-order valence-corrected chi connectivity index (χ3v) is 2.26. The zero-order chi connectivity index (χ0) is 12.5. The predicted octanol–water partition coefficient (Wildman–Crippen LogP) is 3.10. The van der Waals surface area contributed by atoms with Gasteiger partial charge in [0.15, 0.2) is 0 Å². The zero-order valence-electron chi connectivity index (χ0n) is 10.3. The van der Waals surface area contributed by atoms with Crippen LogP contribution in [0.25, 0.3) is 0 Å². The number of carbonyl (C=O) groups excluding carboxylic acids is 1. The summed E-state index contributed by atoms with van der Waals surface area (Å²) in [6.07, 6.45) is -0.196. The van der Waals surface area contributed by atoms with Crippen molar-refractivity contribution < 1.29 is 14.3 Å². The molecule has 1 aliphatic rings. The smallest absolute Gasteiger partial charge is 0.412 e. The maximum absolute atomic E-state index is 11.5. The standard InChI is InChI=1S/C13H17NO3/c1-13(2,3)17-12(15)14-10-6-4-9(5-7-10)11-8-16-11/h4-7,11H,8H2,1-3H3,(H,14,15). The molecule has 0 aliphatic carbocycles. The van der Waals surface area contributed by atoms with Crippen molar-refractivity contribution in [2.45, 2.75) is 32.5 Å². The molecule has 1 saturated heterocycles. The van der Waals surface area contributed by atoms with Gasteiger partial charge in [-0.3, -0.25) is 5.32 Å². The Morgan fingerprint density at radius 3 is 2.41 bits per heavy atom. The number of ether oxygens (including phenoxy) is 2. The third kappa shape index (κ3) is 3.75. The molecular weight excluding hydrogens is 218 g/mol. The second-order valence-corrected chi connectivity index (χ2v) is 5.07. The van der Waals surface area contributed by atoms with Crippen molar-refractivity contribution in [2.75, 3.05) is 11.9 Å². The highest BCUT2D eigenvalue weighted by atomic mass is 16.6. The van der Waals surface area contributed by atoms with Gasteiger partial charge < -0.3 is 9.47 Å². The fourth-order valence-corrected chi connectivity index (χ4v) is 1.44. The summed E-state index contributed by atoms with van der Waals surface area (Å²) in [4.78, 5) is 11.5. The number of carbonyl (C=O) groups is 1. The van der Waals surface area contributed by atoms with Gasteiger partial charge in [0.2, 0.25) is 0 Å². The monoisotopic (exact) mass is 235 g/mol. The van der Waals surface area contributed by atoms with Crippen LogP contribution in [-0.4, -0.2) is 18.3 Å². The van der Waals surface area contributed by atoms with Crippen molar-refractivity contribution >= 4 is 11.8 Å². The molecular formula is C13H17NO3. The lowest BCUT2D eigenvalue weighted by Crippen LogP contribution is -2.27. The number of nitrogens with one attached hydrogen (secondary N) is 1. The van der Waals surface area contributed by atoms with E-state index in [1.807, 2.05) is 45.0 Å². The number of epoxide rings is 1. The van der Waals surface area contributed by atoms with Gasteiger partial charge in [0.05, 0.1) is 6.61 Å². The molecule has 17 heavy (non-hydrogen) atoms. The first kappa shape index (κ1) is 11.9. The molecule has 1 unspecified atom stereocenters. The van der Waals surface area contributed by atoms with Crippen molar-refractivity contribution in [1.82, 2.24) is 0 Å². The minimum atomic E-state index is -0.480. The van der Waals surface area contributed by atoms with E-state index in [1.54, 1.807) is 0 Å². The normalized spacial score (nSPS) is 18.6. The van der Waals surface area contributed by atoms with Gasteiger partial charge in [0.25, 0.3) is 0 Å². The lowest BCUT2D eigenvalue weighted by molar-refractivity contribution is 0.0636. The first-order valence-corrected chi connectivity index (χ1v) is 5.66. The molecule has 0 saturated carbocycles. The molecule has 92 valence electrons. The Labute approximate surface area is 101 Å². The fourth-order valence-electron chi connectivity index (χ4n) is 1.44. The Morgan fingerprint density at radius 1 is 1.35 bits per heavy atom. The van der Waals surface area contributed by atoms with Crippen LogP contribution in [0, 0.1) is 0 Å². The molecule has 0 aromatic heterocycles. The minimum absolute atomic E-state index is 0.241. The second-order valence-electron chi connectivity index (χ2n) is 5.07. The first-order valence-electron chi connectivity index (χ1n) is 5.66. The molecule has 1 amide bonds. The highest BCUT2D eigenvalue weighted by molar-refractivity contribution is 5.84. The van der Waals surface area contributed by atoms with Crippen LogP contribution in [0.1, 0.15) is 32.4 Å². The number of anilines is 1. The molecule has 1 fully saturated rings. The quantitative estimate of drug-likeness (QED) is 0.801. The van der Waals surface area contributed by atoms with Crippen molar-refractivity contribution in [3.05, 3.63) is 29.8 Å². The lowest BCUT2D eigenvalue weighted by atomic mass is 10.1. The summed E-state index contributed by atoms with van der Waals surface area (Å²) >= 11 is 0. The van der Waals surface area contributed by atoms with E-state index in [9.17, 15) is 4.79 Å².